The number of ether oxygens (including phenoxy) is 2. The predicted octanol–water partition coefficient (Wildman–Crippen LogP) is 5.35. The molecule has 0 atom stereocenters. The molecular formula is C26H24BrN5O3S. The Morgan fingerprint density at radius 3 is 2.58 bits per heavy atom. The third kappa shape index (κ3) is 6.32. The van der Waals surface area contributed by atoms with Gasteiger partial charge in [0.25, 0.3) is 5.91 Å². The van der Waals surface area contributed by atoms with Crippen LogP contribution in [0.1, 0.15) is 12.5 Å². The Morgan fingerprint density at radius 1 is 1.08 bits per heavy atom. The van der Waals surface area contributed by atoms with Crippen molar-refractivity contribution < 1.29 is 14.3 Å². The van der Waals surface area contributed by atoms with Crippen LogP contribution in [0, 0.1) is 0 Å². The number of methoxy groups -OCH3 is 1. The first-order chi connectivity index (χ1) is 17.6. The molecule has 0 aliphatic heterocycles. The number of carbonyl (C=O) groups is 1. The number of benzene rings is 3. The van der Waals surface area contributed by atoms with Crippen LogP contribution in [0.25, 0.3) is 17.1 Å². The number of thioether (sulfide) groups is 1. The van der Waals surface area contributed by atoms with E-state index < -0.39 is 0 Å². The van der Waals surface area contributed by atoms with Crippen molar-refractivity contribution in [2.45, 2.75) is 12.1 Å². The molecule has 0 aliphatic rings. The molecule has 0 spiro atoms. The van der Waals surface area contributed by atoms with Crippen LogP contribution in [0.5, 0.6) is 11.5 Å². The average Bonchev–Trinajstić information content (AvgIpc) is 3.33. The van der Waals surface area contributed by atoms with Gasteiger partial charge in [0.2, 0.25) is 0 Å². The Morgan fingerprint density at radius 2 is 1.86 bits per heavy atom. The lowest BCUT2D eigenvalue weighted by Gasteiger charge is -2.10. The van der Waals surface area contributed by atoms with Crippen molar-refractivity contribution in [3.8, 4) is 28.6 Å². The molecule has 0 saturated carbocycles. The van der Waals surface area contributed by atoms with Gasteiger partial charge in [-0.15, -0.1) is 10.2 Å². The molecule has 36 heavy (non-hydrogen) atoms. The van der Waals surface area contributed by atoms with Crippen LogP contribution in [0.2, 0.25) is 0 Å². The first kappa shape index (κ1) is 25.5. The van der Waals surface area contributed by atoms with E-state index in [0.717, 1.165) is 21.3 Å². The fraction of sp³-hybridized carbons (Fsp3) is 0.154. The number of carbonyl (C=O) groups excluding carboxylic acids is 1. The minimum atomic E-state index is -0.263. The molecule has 0 aliphatic carbocycles. The molecule has 3 aromatic carbocycles. The van der Waals surface area contributed by atoms with Gasteiger partial charge in [-0.1, -0.05) is 58.0 Å². The molecule has 0 fully saturated rings. The molecule has 0 radical (unpaired) electrons. The van der Waals surface area contributed by atoms with Gasteiger partial charge in [0.1, 0.15) is 0 Å². The van der Waals surface area contributed by atoms with E-state index in [1.807, 2.05) is 72.2 Å². The summed E-state index contributed by atoms with van der Waals surface area (Å²) in [6, 6.07) is 23.1. The lowest BCUT2D eigenvalue weighted by atomic mass is 10.2. The maximum atomic E-state index is 12.5. The van der Waals surface area contributed by atoms with Crippen LogP contribution in [-0.4, -0.2) is 46.4 Å². The highest BCUT2D eigenvalue weighted by Gasteiger charge is 2.17. The zero-order chi connectivity index (χ0) is 25.3. The Balaban J connectivity index is 1.45. The third-order valence-electron chi connectivity index (χ3n) is 4.97. The van der Waals surface area contributed by atoms with Crippen LogP contribution < -0.4 is 14.9 Å². The zero-order valence-electron chi connectivity index (χ0n) is 19.7. The minimum Gasteiger partial charge on any atom is -0.493 e. The summed E-state index contributed by atoms with van der Waals surface area (Å²) in [5.74, 6) is 1.81. The highest BCUT2D eigenvalue weighted by Crippen LogP contribution is 2.29. The van der Waals surface area contributed by atoms with E-state index in [1.54, 1.807) is 25.5 Å². The number of hydrazone groups is 1. The number of nitrogens with zero attached hydrogens (tertiary/aromatic N) is 4. The van der Waals surface area contributed by atoms with Crippen LogP contribution in [0.15, 0.2) is 87.5 Å². The van der Waals surface area contributed by atoms with Gasteiger partial charge in [0, 0.05) is 15.7 Å². The van der Waals surface area contributed by atoms with Gasteiger partial charge in [0.15, 0.2) is 22.5 Å². The lowest BCUT2D eigenvalue weighted by molar-refractivity contribution is -0.118. The first-order valence-electron chi connectivity index (χ1n) is 11.1. The largest absolute Gasteiger partial charge is 0.493 e. The topological polar surface area (TPSA) is 90.6 Å². The molecule has 1 amide bonds. The van der Waals surface area contributed by atoms with E-state index in [0.29, 0.717) is 29.1 Å². The van der Waals surface area contributed by atoms with Crippen molar-refractivity contribution in [3.63, 3.8) is 0 Å². The van der Waals surface area contributed by atoms with Crippen molar-refractivity contribution in [2.75, 3.05) is 19.5 Å². The van der Waals surface area contributed by atoms with E-state index in [9.17, 15) is 4.79 Å². The van der Waals surface area contributed by atoms with Gasteiger partial charge in [-0.3, -0.25) is 9.36 Å². The molecule has 0 unspecified atom stereocenters. The van der Waals surface area contributed by atoms with Crippen molar-refractivity contribution in [1.29, 1.82) is 0 Å². The molecule has 4 aromatic rings. The van der Waals surface area contributed by atoms with E-state index in [1.165, 1.54) is 11.8 Å². The minimum absolute atomic E-state index is 0.118. The van der Waals surface area contributed by atoms with Crippen molar-refractivity contribution in [1.82, 2.24) is 20.2 Å². The van der Waals surface area contributed by atoms with Gasteiger partial charge in [-0.05, 0) is 55.0 Å². The summed E-state index contributed by atoms with van der Waals surface area (Å²) in [6.45, 7) is 2.45. The Labute approximate surface area is 221 Å². The van der Waals surface area contributed by atoms with Gasteiger partial charge in [-0.25, -0.2) is 5.43 Å². The highest BCUT2D eigenvalue weighted by molar-refractivity contribution is 9.10. The molecule has 1 aromatic heterocycles. The predicted molar refractivity (Wildman–Crippen MR) is 145 cm³/mol. The number of hydrogen-bond donors (Lipinski definition) is 1. The van der Waals surface area contributed by atoms with Crippen molar-refractivity contribution in [2.24, 2.45) is 5.10 Å². The molecule has 0 bridgehead atoms. The molecule has 0 saturated heterocycles. The standard InChI is InChI=1S/C26H24BrN5O3S/c1-3-35-22-14-9-18(15-23(22)34-2)16-28-29-24(33)17-36-26-31-30-25(19-7-5-4-6-8-19)32(26)21-12-10-20(27)11-13-21/h4-16H,3,17H2,1-2H3,(H,29,33)/b28-16+. The average molecular weight is 566 g/mol. The molecule has 184 valence electrons. The van der Waals surface area contributed by atoms with E-state index in [-0.39, 0.29) is 11.7 Å². The van der Waals surface area contributed by atoms with Crippen molar-refractivity contribution in [3.05, 3.63) is 82.8 Å². The Kier molecular flexibility index (Phi) is 8.75. The van der Waals surface area contributed by atoms with Gasteiger partial charge >= 0.3 is 0 Å². The number of rotatable bonds is 10. The summed E-state index contributed by atoms with van der Waals surface area (Å²) in [5.41, 5.74) is 5.15. The summed E-state index contributed by atoms with van der Waals surface area (Å²) in [4.78, 5) is 12.5. The fourth-order valence-electron chi connectivity index (χ4n) is 3.34. The highest BCUT2D eigenvalue weighted by atomic mass is 79.9. The SMILES string of the molecule is CCOc1ccc(/C=N/NC(=O)CSc2nnc(-c3ccccc3)n2-c2ccc(Br)cc2)cc1OC. The first-order valence-corrected chi connectivity index (χ1v) is 12.9. The number of aromatic nitrogens is 3. The molecular weight excluding hydrogens is 542 g/mol. The number of hydrogen-bond acceptors (Lipinski definition) is 7. The smallest absolute Gasteiger partial charge is 0.250 e. The second-order valence-electron chi connectivity index (χ2n) is 7.41. The fourth-order valence-corrected chi connectivity index (χ4v) is 4.35. The number of amides is 1. The molecule has 1 N–H and O–H groups in total. The summed E-state index contributed by atoms with van der Waals surface area (Å²) in [7, 11) is 1.58. The Bertz CT molecular complexity index is 1340. The lowest BCUT2D eigenvalue weighted by Crippen LogP contribution is -2.20. The molecule has 8 nitrogen and oxygen atoms in total. The second kappa shape index (κ2) is 12.4. The zero-order valence-corrected chi connectivity index (χ0v) is 22.1. The number of nitrogens with one attached hydrogen (secondary N) is 1. The molecule has 4 rings (SSSR count). The summed E-state index contributed by atoms with van der Waals surface area (Å²) < 4.78 is 13.8. The van der Waals surface area contributed by atoms with E-state index >= 15 is 0 Å². The number of halogens is 1. The normalized spacial score (nSPS) is 11.0. The van der Waals surface area contributed by atoms with E-state index in [4.69, 9.17) is 9.47 Å². The second-order valence-corrected chi connectivity index (χ2v) is 9.27. The van der Waals surface area contributed by atoms with E-state index in [2.05, 4.69) is 36.7 Å². The van der Waals surface area contributed by atoms with Crippen LogP contribution in [-0.2, 0) is 4.79 Å². The summed E-state index contributed by atoms with van der Waals surface area (Å²) >= 11 is 4.76. The molecule has 1 heterocycles. The van der Waals surface area contributed by atoms with Gasteiger partial charge < -0.3 is 9.47 Å². The quantitative estimate of drug-likeness (QED) is 0.158. The Hall–Kier alpha value is -3.63. The van der Waals surface area contributed by atoms with Crippen LogP contribution in [0.3, 0.4) is 0 Å². The van der Waals surface area contributed by atoms with Gasteiger partial charge in [0.05, 0.1) is 25.7 Å². The monoisotopic (exact) mass is 565 g/mol. The summed E-state index contributed by atoms with van der Waals surface area (Å²) in [6.07, 6.45) is 1.55. The summed E-state index contributed by atoms with van der Waals surface area (Å²) in [5, 5.41) is 13.4. The maximum Gasteiger partial charge on any atom is 0.250 e. The van der Waals surface area contributed by atoms with Gasteiger partial charge in [-0.2, -0.15) is 5.10 Å². The van der Waals surface area contributed by atoms with Crippen LogP contribution >= 0.6 is 27.7 Å². The molecule has 10 heteroatoms. The third-order valence-corrected chi connectivity index (χ3v) is 6.43. The maximum absolute atomic E-state index is 12.5. The van der Waals surface area contributed by atoms with Crippen molar-refractivity contribution >= 4 is 39.8 Å². The van der Waals surface area contributed by atoms with Crippen LogP contribution in [0.4, 0.5) is 0 Å².